The second-order valence-electron chi connectivity index (χ2n) is 8.26. The molecule has 1 amide bonds. The third-order valence-electron chi connectivity index (χ3n) is 5.84. The second-order valence-corrected chi connectivity index (χ2v) is 8.26. The zero-order valence-electron chi connectivity index (χ0n) is 17.9. The number of amides is 1. The van der Waals surface area contributed by atoms with Crippen LogP contribution in [0.25, 0.3) is 0 Å². The number of nitrogens with one attached hydrogen (secondary N) is 1. The lowest BCUT2D eigenvalue weighted by Crippen LogP contribution is -2.37. The molecule has 0 spiro atoms. The van der Waals surface area contributed by atoms with Gasteiger partial charge in [-0.3, -0.25) is 4.79 Å². The summed E-state index contributed by atoms with van der Waals surface area (Å²) < 4.78 is 5.47. The summed E-state index contributed by atoms with van der Waals surface area (Å²) in [5, 5.41) is 3.03. The molecule has 0 radical (unpaired) electrons. The van der Waals surface area contributed by atoms with E-state index < -0.39 is 0 Å². The molecular formula is C23H31N5O2. The van der Waals surface area contributed by atoms with Crippen LogP contribution in [0.5, 0.6) is 0 Å². The highest BCUT2D eigenvalue weighted by molar-refractivity contribution is 5.93. The Bertz CT molecular complexity index is 878. The summed E-state index contributed by atoms with van der Waals surface area (Å²) in [4.78, 5) is 26.3. The molecule has 2 aliphatic rings. The van der Waals surface area contributed by atoms with Crippen molar-refractivity contribution < 1.29 is 9.53 Å². The maximum atomic E-state index is 12.7. The monoisotopic (exact) mass is 409 g/mol. The number of aryl methyl sites for hydroxylation is 1. The molecule has 1 saturated carbocycles. The van der Waals surface area contributed by atoms with E-state index in [1.54, 1.807) is 0 Å². The standard InChI is InChI=1S/C23H31N5O2/c1-17-5-3-4-6-19(17)9-10-27(2)23-25-20(22(29)24-16-18-7-8-18)15-21(26-23)28-11-13-30-14-12-28/h3-6,15,18H,7-14,16H2,1-2H3,(H,24,29). The van der Waals surface area contributed by atoms with E-state index in [4.69, 9.17) is 9.72 Å². The van der Waals surface area contributed by atoms with Gasteiger partial charge in [-0.05, 0) is 43.2 Å². The number of carbonyl (C=O) groups excluding carboxylic acids is 1. The molecule has 0 atom stereocenters. The maximum Gasteiger partial charge on any atom is 0.270 e. The minimum absolute atomic E-state index is 0.118. The summed E-state index contributed by atoms with van der Waals surface area (Å²) in [6, 6.07) is 10.2. The molecule has 0 bridgehead atoms. The molecule has 1 aromatic heterocycles. The van der Waals surface area contributed by atoms with Crippen LogP contribution in [-0.2, 0) is 11.2 Å². The minimum atomic E-state index is -0.118. The van der Waals surface area contributed by atoms with Crippen LogP contribution in [0.2, 0.25) is 0 Å². The van der Waals surface area contributed by atoms with Crippen molar-refractivity contribution in [1.82, 2.24) is 15.3 Å². The molecule has 2 heterocycles. The van der Waals surface area contributed by atoms with Gasteiger partial charge < -0.3 is 19.9 Å². The number of nitrogens with zero attached hydrogens (tertiary/aromatic N) is 4. The average Bonchev–Trinajstić information content (AvgIpc) is 3.61. The normalized spacial score (nSPS) is 16.4. The Morgan fingerprint density at radius 2 is 2.00 bits per heavy atom. The lowest BCUT2D eigenvalue weighted by Gasteiger charge is -2.29. The number of benzene rings is 1. The van der Waals surface area contributed by atoms with Crippen LogP contribution in [-0.4, -0.2) is 62.3 Å². The first-order chi connectivity index (χ1) is 14.6. The van der Waals surface area contributed by atoms with Crippen LogP contribution < -0.4 is 15.1 Å². The SMILES string of the molecule is Cc1ccccc1CCN(C)c1nc(C(=O)NCC2CC2)cc(N2CCOCC2)n1. The van der Waals surface area contributed by atoms with E-state index in [2.05, 4.69) is 46.4 Å². The predicted octanol–water partition coefficient (Wildman–Crippen LogP) is 2.44. The molecule has 2 fully saturated rings. The highest BCUT2D eigenvalue weighted by Gasteiger charge is 2.23. The van der Waals surface area contributed by atoms with Crippen LogP contribution in [0, 0.1) is 12.8 Å². The number of aromatic nitrogens is 2. The lowest BCUT2D eigenvalue weighted by atomic mass is 10.1. The highest BCUT2D eigenvalue weighted by Crippen LogP contribution is 2.27. The fourth-order valence-corrected chi connectivity index (χ4v) is 3.59. The van der Waals surface area contributed by atoms with Gasteiger partial charge in [0.2, 0.25) is 5.95 Å². The molecule has 1 aliphatic carbocycles. The molecule has 1 saturated heterocycles. The Morgan fingerprint density at radius 3 is 2.73 bits per heavy atom. The summed E-state index contributed by atoms with van der Waals surface area (Å²) in [5.74, 6) is 1.89. The smallest absolute Gasteiger partial charge is 0.270 e. The Kier molecular flexibility index (Phi) is 6.47. The van der Waals surface area contributed by atoms with Gasteiger partial charge in [0, 0.05) is 39.3 Å². The molecule has 1 aliphatic heterocycles. The number of ether oxygens (including phenoxy) is 1. The predicted molar refractivity (Wildman–Crippen MR) is 118 cm³/mol. The van der Waals surface area contributed by atoms with Crippen LogP contribution in [0.15, 0.2) is 30.3 Å². The third-order valence-corrected chi connectivity index (χ3v) is 5.84. The van der Waals surface area contributed by atoms with E-state index in [-0.39, 0.29) is 5.91 Å². The number of anilines is 2. The van der Waals surface area contributed by atoms with Crippen molar-refractivity contribution in [3.8, 4) is 0 Å². The van der Waals surface area contributed by atoms with Crippen molar-refractivity contribution in [2.24, 2.45) is 5.92 Å². The number of hydrogen-bond donors (Lipinski definition) is 1. The van der Waals surface area contributed by atoms with E-state index in [0.29, 0.717) is 30.8 Å². The van der Waals surface area contributed by atoms with Crippen molar-refractivity contribution >= 4 is 17.7 Å². The summed E-state index contributed by atoms with van der Waals surface area (Å²) >= 11 is 0. The van der Waals surface area contributed by atoms with Crippen molar-refractivity contribution in [3.63, 3.8) is 0 Å². The van der Waals surface area contributed by atoms with Crippen LogP contribution in [0.1, 0.15) is 34.5 Å². The van der Waals surface area contributed by atoms with E-state index in [1.807, 2.05) is 18.0 Å². The first kappa shape index (κ1) is 20.6. The molecule has 7 heteroatoms. The maximum absolute atomic E-state index is 12.7. The van der Waals surface area contributed by atoms with Gasteiger partial charge in [-0.2, -0.15) is 4.98 Å². The van der Waals surface area contributed by atoms with Gasteiger partial charge in [0.15, 0.2) is 0 Å². The van der Waals surface area contributed by atoms with Gasteiger partial charge in [0.1, 0.15) is 11.5 Å². The first-order valence-electron chi connectivity index (χ1n) is 10.9. The van der Waals surface area contributed by atoms with Crippen molar-refractivity contribution in [2.75, 3.05) is 56.2 Å². The van der Waals surface area contributed by atoms with Gasteiger partial charge in [-0.1, -0.05) is 24.3 Å². The summed E-state index contributed by atoms with van der Waals surface area (Å²) in [7, 11) is 1.99. The molecule has 1 aromatic carbocycles. The molecule has 30 heavy (non-hydrogen) atoms. The largest absolute Gasteiger partial charge is 0.378 e. The Morgan fingerprint density at radius 1 is 1.23 bits per heavy atom. The topological polar surface area (TPSA) is 70.6 Å². The fraction of sp³-hybridized carbons (Fsp3) is 0.522. The molecular weight excluding hydrogens is 378 g/mol. The van der Waals surface area contributed by atoms with E-state index >= 15 is 0 Å². The van der Waals surface area contributed by atoms with E-state index in [1.165, 1.54) is 24.0 Å². The molecule has 160 valence electrons. The van der Waals surface area contributed by atoms with Gasteiger partial charge in [0.25, 0.3) is 5.91 Å². The summed E-state index contributed by atoms with van der Waals surface area (Å²) in [6.07, 6.45) is 3.31. The van der Waals surface area contributed by atoms with Crippen molar-refractivity contribution in [1.29, 1.82) is 0 Å². The second kappa shape index (κ2) is 9.43. The van der Waals surface area contributed by atoms with Gasteiger partial charge >= 0.3 is 0 Å². The number of carbonyl (C=O) groups is 1. The molecule has 4 rings (SSSR count). The number of hydrogen-bond acceptors (Lipinski definition) is 6. The number of rotatable bonds is 8. The van der Waals surface area contributed by atoms with Gasteiger partial charge in [-0.25, -0.2) is 4.98 Å². The molecule has 7 nitrogen and oxygen atoms in total. The van der Waals surface area contributed by atoms with Crippen molar-refractivity contribution in [2.45, 2.75) is 26.2 Å². The molecule has 0 unspecified atom stereocenters. The van der Waals surface area contributed by atoms with Crippen molar-refractivity contribution in [3.05, 3.63) is 47.2 Å². The Balaban J connectivity index is 1.52. The van der Waals surface area contributed by atoms with Gasteiger partial charge in [-0.15, -0.1) is 0 Å². The molecule has 2 aromatic rings. The lowest BCUT2D eigenvalue weighted by molar-refractivity contribution is 0.0946. The Labute approximate surface area is 178 Å². The number of morpholine rings is 1. The van der Waals surface area contributed by atoms with E-state index in [0.717, 1.165) is 38.4 Å². The Hall–Kier alpha value is -2.67. The zero-order chi connectivity index (χ0) is 20.9. The fourth-order valence-electron chi connectivity index (χ4n) is 3.59. The third kappa shape index (κ3) is 5.27. The van der Waals surface area contributed by atoms with E-state index in [9.17, 15) is 4.79 Å². The summed E-state index contributed by atoms with van der Waals surface area (Å²) in [5.41, 5.74) is 3.04. The average molecular weight is 410 g/mol. The quantitative estimate of drug-likeness (QED) is 0.722. The molecule has 1 N–H and O–H groups in total. The van der Waals surface area contributed by atoms with Gasteiger partial charge in [0.05, 0.1) is 13.2 Å². The zero-order valence-corrected chi connectivity index (χ0v) is 17.9. The first-order valence-corrected chi connectivity index (χ1v) is 10.9. The highest BCUT2D eigenvalue weighted by atomic mass is 16.5. The van der Waals surface area contributed by atoms with Crippen LogP contribution >= 0.6 is 0 Å². The van der Waals surface area contributed by atoms with Crippen LogP contribution in [0.3, 0.4) is 0 Å². The van der Waals surface area contributed by atoms with Crippen LogP contribution in [0.4, 0.5) is 11.8 Å². The number of likely N-dealkylation sites (N-methyl/N-ethyl adjacent to an activating group) is 1. The summed E-state index contributed by atoms with van der Waals surface area (Å²) in [6.45, 7) is 6.53. The minimum Gasteiger partial charge on any atom is -0.378 e.